The van der Waals surface area contributed by atoms with Crippen LogP contribution in [-0.4, -0.2) is 61.7 Å². The van der Waals surface area contributed by atoms with Crippen molar-refractivity contribution in [3.05, 3.63) is 0 Å². The molecule has 3 nitrogen and oxygen atoms in total. The summed E-state index contributed by atoms with van der Waals surface area (Å²) >= 11 is 0. The van der Waals surface area contributed by atoms with Crippen molar-refractivity contribution in [2.75, 3.05) is 33.7 Å². The van der Waals surface area contributed by atoms with E-state index in [2.05, 4.69) is 36.1 Å². The maximum absolute atomic E-state index is 3.76. The average Bonchev–Trinajstić information content (AvgIpc) is 2.87. The van der Waals surface area contributed by atoms with Crippen LogP contribution in [0.5, 0.6) is 0 Å². The minimum absolute atomic E-state index is 0.740. The predicted molar refractivity (Wildman–Crippen MR) is 78.0 cm³/mol. The molecule has 3 heteroatoms. The molecule has 1 saturated carbocycles. The maximum Gasteiger partial charge on any atom is 0.0107 e. The third kappa shape index (κ3) is 3.94. The van der Waals surface area contributed by atoms with Gasteiger partial charge in [0.05, 0.1) is 0 Å². The first-order valence-corrected chi connectivity index (χ1v) is 7.80. The Balaban J connectivity index is 1.60. The van der Waals surface area contributed by atoms with Gasteiger partial charge < -0.3 is 15.1 Å². The Kier molecular flexibility index (Phi) is 5.46. The molecular weight excluding hydrogens is 222 g/mol. The van der Waals surface area contributed by atoms with Gasteiger partial charge in [-0.1, -0.05) is 12.8 Å². The number of hydrogen-bond acceptors (Lipinski definition) is 3. The minimum atomic E-state index is 0.740. The van der Waals surface area contributed by atoms with Crippen molar-refractivity contribution in [2.45, 2.75) is 63.6 Å². The Bertz CT molecular complexity index is 238. The molecule has 0 amide bonds. The number of nitrogens with one attached hydrogen (secondary N) is 1. The number of rotatable bonds is 5. The second-order valence-corrected chi connectivity index (χ2v) is 6.42. The first-order valence-electron chi connectivity index (χ1n) is 7.80. The zero-order chi connectivity index (χ0) is 13.0. The van der Waals surface area contributed by atoms with E-state index in [1.54, 1.807) is 0 Å². The first kappa shape index (κ1) is 14.3. The van der Waals surface area contributed by atoms with E-state index in [-0.39, 0.29) is 0 Å². The van der Waals surface area contributed by atoms with Crippen molar-refractivity contribution in [3.8, 4) is 0 Å². The molecule has 1 aliphatic heterocycles. The van der Waals surface area contributed by atoms with E-state index in [0.717, 1.165) is 24.7 Å². The van der Waals surface area contributed by atoms with Gasteiger partial charge in [-0.25, -0.2) is 0 Å². The highest BCUT2D eigenvalue weighted by atomic mass is 15.2. The summed E-state index contributed by atoms with van der Waals surface area (Å²) in [5.41, 5.74) is 0. The summed E-state index contributed by atoms with van der Waals surface area (Å²) in [7, 11) is 4.55. The van der Waals surface area contributed by atoms with Crippen LogP contribution in [0.3, 0.4) is 0 Å². The van der Waals surface area contributed by atoms with Gasteiger partial charge >= 0.3 is 0 Å². The largest absolute Gasteiger partial charge is 0.313 e. The molecule has 2 aliphatic rings. The van der Waals surface area contributed by atoms with Crippen molar-refractivity contribution >= 4 is 0 Å². The number of nitrogens with zero attached hydrogens (tertiary/aromatic N) is 2. The van der Waals surface area contributed by atoms with E-state index < -0.39 is 0 Å². The number of hydrogen-bond donors (Lipinski definition) is 1. The highest BCUT2D eigenvalue weighted by molar-refractivity contribution is 4.82. The highest BCUT2D eigenvalue weighted by Gasteiger charge is 2.23. The SMILES string of the molecule is CC1CC(NCCN(C)C2CCCC2)CCN1C. The zero-order valence-electron chi connectivity index (χ0n) is 12.5. The lowest BCUT2D eigenvalue weighted by molar-refractivity contribution is 0.164. The summed E-state index contributed by atoms with van der Waals surface area (Å²) < 4.78 is 0. The molecule has 2 atom stereocenters. The highest BCUT2D eigenvalue weighted by Crippen LogP contribution is 2.22. The standard InChI is InChI=1S/C15H31N3/c1-13-12-14(8-10-17(13)2)16-9-11-18(3)15-6-4-5-7-15/h13-16H,4-12H2,1-3H3. The molecule has 0 radical (unpaired) electrons. The molecule has 1 aliphatic carbocycles. The molecule has 0 aromatic rings. The Hall–Kier alpha value is -0.120. The molecule has 106 valence electrons. The van der Waals surface area contributed by atoms with Gasteiger partial charge in [-0.15, -0.1) is 0 Å². The molecule has 1 N–H and O–H groups in total. The smallest absolute Gasteiger partial charge is 0.0107 e. The molecule has 0 bridgehead atoms. The molecule has 0 spiro atoms. The van der Waals surface area contributed by atoms with Crippen LogP contribution in [0.2, 0.25) is 0 Å². The Morgan fingerprint density at radius 2 is 1.94 bits per heavy atom. The maximum atomic E-state index is 3.76. The topological polar surface area (TPSA) is 18.5 Å². The summed E-state index contributed by atoms with van der Waals surface area (Å²) in [5.74, 6) is 0. The Labute approximate surface area is 113 Å². The quantitative estimate of drug-likeness (QED) is 0.808. The van der Waals surface area contributed by atoms with Crippen LogP contribution >= 0.6 is 0 Å². The van der Waals surface area contributed by atoms with Gasteiger partial charge in [-0.3, -0.25) is 0 Å². The van der Waals surface area contributed by atoms with E-state index in [9.17, 15) is 0 Å². The third-order valence-electron chi connectivity index (χ3n) is 5.05. The van der Waals surface area contributed by atoms with Gasteiger partial charge in [-0.2, -0.15) is 0 Å². The summed E-state index contributed by atoms with van der Waals surface area (Å²) in [5, 5.41) is 3.76. The first-order chi connectivity index (χ1) is 8.66. The Morgan fingerprint density at radius 1 is 1.22 bits per heavy atom. The molecule has 1 heterocycles. The molecule has 2 unspecified atom stereocenters. The fourth-order valence-corrected chi connectivity index (χ4v) is 3.45. The lowest BCUT2D eigenvalue weighted by atomic mass is 9.99. The van der Waals surface area contributed by atoms with Crippen LogP contribution in [0.25, 0.3) is 0 Å². The van der Waals surface area contributed by atoms with Crippen LogP contribution < -0.4 is 5.32 Å². The van der Waals surface area contributed by atoms with Crippen LogP contribution in [0.1, 0.15) is 45.4 Å². The fraction of sp³-hybridized carbons (Fsp3) is 1.00. The van der Waals surface area contributed by atoms with Gasteiger partial charge in [0.25, 0.3) is 0 Å². The van der Waals surface area contributed by atoms with E-state index in [1.807, 2.05) is 0 Å². The second-order valence-electron chi connectivity index (χ2n) is 6.42. The summed E-state index contributed by atoms with van der Waals surface area (Å²) in [6, 6.07) is 2.35. The van der Waals surface area contributed by atoms with E-state index >= 15 is 0 Å². The number of likely N-dealkylation sites (N-methyl/N-ethyl adjacent to an activating group) is 1. The molecular formula is C15H31N3. The van der Waals surface area contributed by atoms with Crippen molar-refractivity contribution in [2.24, 2.45) is 0 Å². The van der Waals surface area contributed by atoms with Crippen LogP contribution in [-0.2, 0) is 0 Å². The lowest BCUT2D eigenvalue weighted by Gasteiger charge is -2.36. The molecule has 0 aromatic carbocycles. The number of likely N-dealkylation sites (tertiary alicyclic amines) is 1. The third-order valence-corrected chi connectivity index (χ3v) is 5.05. The Morgan fingerprint density at radius 3 is 2.61 bits per heavy atom. The van der Waals surface area contributed by atoms with Gasteiger partial charge in [0.15, 0.2) is 0 Å². The predicted octanol–water partition coefficient (Wildman–Crippen LogP) is 1.93. The molecule has 0 aromatic heterocycles. The van der Waals surface area contributed by atoms with Crippen molar-refractivity contribution in [1.82, 2.24) is 15.1 Å². The molecule has 2 rings (SSSR count). The van der Waals surface area contributed by atoms with Gasteiger partial charge in [0.2, 0.25) is 0 Å². The summed E-state index contributed by atoms with van der Waals surface area (Å²) in [6.07, 6.45) is 8.34. The lowest BCUT2D eigenvalue weighted by Crippen LogP contribution is -2.47. The average molecular weight is 253 g/mol. The monoisotopic (exact) mass is 253 g/mol. The normalized spacial score (nSPS) is 31.3. The second kappa shape index (κ2) is 6.88. The van der Waals surface area contributed by atoms with Crippen LogP contribution in [0, 0.1) is 0 Å². The van der Waals surface area contributed by atoms with Gasteiger partial charge in [0.1, 0.15) is 0 Å². The van der Waals surface area contributed by atoms with Gasteiger partial charge in [0, 0.05) is 31.2 Å². The summed E-state index contributed by atoms with van der Waals surface area (Å²) in [4.78, 5) is 5.04. The van der Waals surface area contributed by atoms with Gasteiger partial charge in [-0.05, 0) is 53.2 Å². The van der Waals surface area contributed by atoms with E-state index in [4.69, 9.17) is 0 Å². The van der Waals surface area contributed by atoms with Crippen LogP contribution in [0.4, 0.5) is 0 Å². The van der Waals surface area contributed by atoms with E-state index in [0.29, 0.717) is 0 Å². The van der Waals surface area contributed by atoms with Crippen molar-refractivity contribution in [1.29, 1.82) is 0 Å². The number of piperidine rings is 1. The van der Waals surface area contributed by atoms with E-state index in [1.165, 1.54) is 51.6 Å². The summed E-state index contributed by atoms with van der Waals surface area (Å²) in [6.45, 7) is 5.97. The minimum Gasteiger partial charge on any atom is -0.313 e. The van der Waals surface area contributed by atoms with Crippen molar-refractivity contribution < 1.29 is 0 Å². The molecule has 2 fully saturated rings. The molecule has 18 heavy (non-hydrogen) atoms. The van der Waals surface area contributed by atoms with Crippen LogP contribution in [0.15, 0.2) is 0 Å². The fourth-order valence-electron chi connectivity index (χ4n) is 3.45. The van der Waals surface area contributed by atoms with Crippen molar-refractivity contribution in [3.63, 3.8) is 0 Å². The molecule has 1 saturated heterocycles. The zero-order valence-corrected chi connectivity index (χ0v) is 12.5.